The molecule has 2 aromatic rings. The summed E-state index contributed by atoms with van der Waals surface area (Å²) in [5.41, 5.74) is 0.696. The number of carboxylic acid groups (broad SMARTS) is 1. The zero-order chi connectivity index (χ0) is 14.0. The van der Waals surface area contributed by atoms with E-state index in [4.69, 9.17) is 9.84 Å². The van der Waals surface area contributed by atoms with Gasteiger partial charge in [0.05, 0.1) is 10.4 Å². The molecule has 4 nitrogen and oxygen atoms in total. The number of hydrogen-bond acceptors (Lipinski definition) is 3. The summed E-state index contributed by atoms with van der Waals surface area (Å²) >= 11 is 6.88. The first-order valence-electron chi connectivity index (χ1n) is 5.59. The number of aliphatic carboxylic acids is 1. The van der Waals surface area contributed by atoms with Crippen LogP contribution in [-0.2, 0) is 4.79 Å². The van der Waals surface area contributed by atoms with E-state index in [1.807, 2.05) is 18.2 Å². The van der Waals surface area contributed by atoms with Gasteiger partial charge in [-0.05, 0) is 35.0 Å². The lowest BCUT2D eigenvalue weighted by Crippen LogP contribution is -2.18. The maximum atomic E-state index is 10.8. The van der Waals surface area contributed by atoms with Gasteiger partial charge in [0.15, 0.2) is 5.75 Å². The standard InChI is InChI=1S/C13H11Br2NO3/c1-7(13(17)18)6-19-12-10(15)5-9(14)8-3-2-4-16-11(8)12/h2-5,7H,6H2,1H3,(H,17,18). The average molecular weight is 389 g/mol. The number of carbonyl (C=O) groups is 1. The molecule has 2 rings (SSSR count). The van der Waals surface area contributed by atoms with Gasteiger partial charge < -0.3 is 9.84 Å². The van der Waals surface area contributed by atoms with Gasteiger partial charge in [0.2, 0.25) is 0 Å². The second kappa shape index (κ2) is 5.88. The summed E-state index contributed by atoms with van der Waals surface area (Å²) in [5, 5.41) is 9.79. The zero-order valence-electron chi connectivity index (χ0n) is 10.1. The van der Waals surface area contributed by atoms with Gasteiger partial charge in [0, 0.05) is 16.1 Å². The number of ether oxygens (including phenoxy) is 1. The number of halogens is 2. The van der Waals surface area contributed by atoms with Crippen LogP contribution in [0.2, 0.25) is 0 Å². The Balaban J connectivity index is 2.40. The van der Waals surface area contributed by atoms with Crippen LogP contribution in [0.15, 0.2) is 33.3 Å². The van der Waals surface area contributed by atoms with E-state index in [1.54, 1.807) is 13.1 Å². The van der Waals surface area contributed by atoms with Gasteiger partial charge in [-0.2, -0.15) is 0 Å². The fourth-order valence-electron chi connectivity index (χ4n) is 1.56. The third-order valence-electron chi connectivity index (χ3n) is 2.65. The van der Waals surface area contributed by atoms with E-state index < -0.39 is 11.9 Å². The SMILES string of the molecule is CC(COc1c(Br)cc(Br)c2cccnc12)C(=O)O. The molecule has 0 fully saturated rings. The normalized spacial score (nSPS) is 12.4. The first kappa shape index (κ1) is 14.3. The van der Waals surface area contributed by atoms with Crippen LogP contribution in [0.25, 0.3) is 10.9 Å². The molecule has 6 heteroatoms. The van der Waals surface area contributed by atoms with Crippen molar-refractivity contribution in [2.24, 2.45) is 5.92 Å². The van der Waals surface area contributed by atoms with E-state index >= 15 is 0 Å². The molecule has 0 aliphatic carbocycles. The molecule has 0 amide bonds. The molecule has 0 bridgehead atoms. The molecule has 0 aliphatic rings. The Morgan fingerprint density at radius 2 is 2.21 bits per heavy atom. The van der Waals surface area contributed by atoms with Crippen molar-refractivity contribution in [3.05, 3.63) is 33.3 Å². The zero-order valence-corrected chi connectivity index (χ0v) is 13.2. The first-order valence-corrected chi connectivity index (χ1v) is 7.17. The number of carboxylic acids is 1. The molecule has 1 heterocycles. The maximum Gasteiger partial charge on any atom is 0.309 e. The van der Waals surface area contributed by atoms with Crippen LogP contribution in [-0.4, -0.2) is 22.7 Å². The number of fused-ring (bicyclic) bond motifs is 1. The molecule has 100 valence electrons. The number of aromatic nitrogens is 1. The smallest absolute Gasteiger partial charge is 0.309 e. The summed E-state index contributed by atoms with van der Waals surface area (Å²) in [6.07, 6.45) is 1.68. The van der Waals surface area contributed by atoms with Gasteiger partial charge in [-0.3, -0.25) is 9.78 Å². The minimum Gasteiger partial charge on any atom is -0.489 e. The largest absolute Gasteiger partial charge is 0.489 e. The van der Waals surface area contributed by atoms with Gasteiger partial charge >= 0.3 is 5.97 Å². The average Bonchev–Trinajstić information content (AvgIpc) is 2.38. The van der Waals surface area contributed by atoms with E-state index in [0.29, 0.717) is 11.3 Å². The summed E-state index contributed by atoms with van der Waals surface area (Å²) in [4.78, 5) is 15.1. The molecule has 0 saturated heterocycles. The number of pyridine rings is 1. The second-order valence-corrected chi connectivity index (χ2v) is 5.83. The molecular weight excluding hydrogens is 378 g/mol. The van der Waals surface area contributed by atoms with Gasteiger partial charge in [-0.25, -0.2) is 0 Å². The minimum atomic E-state index is -0.884. The van der Waals surface area contributed by atoms with E-state index in [2.05, 4.69) is 36.8 Å². The van der Waals surface area contributed by atoms with Crippen LogP contribution in [0.4, 0.5) is 0 Å². The molecule has 19 heavy (non-hydrogen) atoms. The van der Waals surface area contributed by atoms with Crippen LogP contribution < -0.4 is 4.74 Å². The second-order valence-electron chi connectivity index (χ2n) is 4.12. The molecular formula is C13H11Br2NO3. The monoisotopic (exact) mass is 387 g/mol. The van der Waals surface area contributed by atoms with E-state index in [-0.39, 0.29) is 6.61 Å². The molecule has 0 radical (unpaired) electrons. The van der Waals surface area contributed by atoms with Gasteiger partial charge in [0.25, 0.3) is 0 Å². The lowest BCUT2D eigenvalue weighted by Gasteiger charge is -2.13. The highest BCUT2D eigenvalue weighted by Gasteiger charge is 2.16. The Labute approximate surface area is 127 Å². The molecule has 1 N–H and O–H groups in total. The molecule has 0 aliphatic heterocycles. The molecule has 1 atom stereocenters. The molecule has 0 saturated carbocycles. The Morgan fingerprint density at radius 1 is 1.47 bits per heavy atom. The molecule has 1 aromatic heterocycles. The van der Waals surface area contributed by atoms with Crippen molar-refractivity contribution in [3.8, 4) is 5.75 Å². The van der Waals surface area contributed by atoms with Crippen molar-refractivity contribution in [1.29, 1.82) is 0 Å². The molecule has 1 unspecified atom stereocenters. The number of nitrogens with zero attached hydrogens (tertiary/aromatic N) is 1. The Kier molecular flexibility index (Phi) is 4.42. The number of benzene rings is 1. The van der Waals surface area contributed by atoms with Gasteiger partial charge in [-0.1, -0.05) is 22.0 Å². The van der Waals surface area contributed by atoms with Crippen molar-refractivity contribution in [2.45, 2.75) is 6.92 Å². The predicted molar refractivity (Wildman–Crippen MR) is 79.4 cm³/mol. The van der Waals surface area contributed by atoms with Crippen LogP contribution in [0.1, 0.15) is 6.92 Å². The van der Waals surface area contributed by atoms with E-state index in [0.717, 1.165) is 14.3 Å². The lowest BCUT2D eigenvalue weighted by molar-refractivity contribution is -0.142. The predicted octanol–water partition coefficient (Wildman–Crippen LogP) is 3.86. The third kappa shape index (κ3) is 3.06. The van der Waals surface area contributed by atoms with Crippen molar-refractivity contribution in [1.82, 2.24) is 4.98 Å². The summed E-state index contributed by atoms with van der Waals surface area (Å²) in [6, 6.07) is 5.63. The van der Waals surface area contributed by atoms with E-state index in [9.17, 15) is 4.79 Å². The molecule has 0 spiro atoms. The summed E-state index contributed by atoms with van der Waals surface area (Å²) in [5.74, 6) is -0.897. The van der Waals surface area contributed by atoms with Gasteiger partial charge in [0.1, 0.15) is 12.1 Å². The summed E-state index contributed by atoms with van der Waals surface area (Å²) in [7, 11) is 0. The highest BCUT2D eigenvalue weighted by Crippen LogP contribution is 2.37. The maximum absolute atomic E-state index is 10.8. The van der Waals surface area contributed by atoms with Gasteiger partial charge in [-0.15, -0.1) is 0 Å². The van der Waals surface area contributed by atoms with Crippen LogP contribution in [0.5, 0.6) is 5.75 Å². The van der Waals surface area contributed by atoms with Crippen LogP contribution >= 0.6 is 31.9 Å². The number of rotatable bonds is 4. The number of hydrogen-bond donors (Lipinski definition) is 1. The quantitative estimate of drug-likeness (QED) is 0.863. The van der Waals surface area contributed by atoms with E-state index in [1.165, 1.54) is 0 Å². The van der Waals surface area contributed by atoms with Crippen molar-refractivity contribution in [3.63, 3.8) is 0 Å². The highest BCUT2D eigenvalue weighted by atomic mass is 79.9. The fraction of sp³-hybridized carbons (Fsp3) is 0.231. The summed E-state index contributed by atoms with van der Waals surface area (Å²) in [6.45, 7) is 1.70. The fourth-order valence-corrected chi connectivity index (χ4v) is 2.95. The minimum absolute atomic E-state index is 0.0985. The Morgan fingerprint density at radius 3 is 2.89 bits per heavy atom. The van der Waals surface area contributed by atoms with Crippen molar-refractivity contribution >= 4 is 48.7 Å². The first-order chi connectivity index (χ1) is 9.00. The van der Waals surface area contributed by atoms with Crippen LogP contribution in [0.3, 0.4) is 0 Å². The van der Waals surface area contributed by atoms with Crippen molar-refractivity contribution in [2.75, 3.05) is 6.61 Å². The van der Waals surface area contributed by atoms with Crippen LogP contribution in [0, 0.1) is 5.92 Å². The van der Waals surface area contributed by atoms with Crippen molar-refractivity contribution < 1.29 is 14.6 Å². The Hall–Kier alpha value is -1.14. The highest BCUT2D eigenvalue weighted by molar-refractivity contribution is 9.11. The lowest BCUT2D eigenvalue weighted by atomic mass is 10.2. The summed E-state index contributed by atoms with van der Waals surface area (Å²) < 4.78 is 7.26. The third-order valence-corrected chi connectivity index (χ3v) is 3.89. The molecule has 1 aromatic carbocycles. The Bertz CT molecular complexity index is 631. The topological polar surface area (TPSA) is 59.4 Å².